The number of imidazole rings is 1. The summed E-state index contributed by atoms with van der Waals surface area (Å²) < 4.78 is 2.13. The van der Waals surface area contributed by atoms with Crippen molar-refractivity contribution < 1.29 is 4.79 Å². The minimum atomic E-state index is 0. The first-order valence-electron chi connectivity index (χ1n) is 7.12. The summed E-state index contributed by atoms with van der Waals surface area (Å²) in [6, 6.07) is 8.09. The molecule has 0 spiro atoms. The highest BCUT2D eigenvalue weighted by Gasteiger charge is 2.02. The fourth-order valence-electron chi connectivity index (χ4n) is 2.18. The summed E-state index contributed by atoms with van der Waals surface area (Å²) in [6.07, 6.45) is 4.25. The van der Waals surface area contributed by atoms with Gasteiger partial charge in [-0.15, -0.1) is 24.8 Å². The Morgan fingerprint density at radius 2 is 1.95 bits per heavy atom. The number of halogens is 2. The van der Waals surface area contributed by atoms with Crippen molar-refractivity contribution in [2.75, 3.05) is 20.1 Å². The smallest absolute Gasteiger partial charge is 0.220 e. The minimum Gasteiger partial charge on any atom is -0.356 e. The molecular weight excluding hydrogens is 323 g/mol. The van der Waals surface area contributed by atoms with Crippen LogP contribution in [0.5, 0.6) is 0 Å². The van der Waals surface area contributed by atoms with Gasteiger partial charge in [0.1, 0.15) is 0 Å². The maximum Gasteiger partial charge on any atom is 0.220 e. The first kappa shape index (κ1) is 20.7. The second-order valence-electron chi connectivity index (χ2n) is 4.84. The van der Waals surface area contributed by atoms with E-state index in [1.54, 1.807) is 0 Å². The highest BCUT2D eigenvalue weighted by molar-refractivity contribution is 5.85. The Balaban J connectivity index is 0.00000220. The maximum atomic E-state index is 11.5. The van der Waals surface area contributed by atoms with Gasteiger partial charge in [0, 0.05) is 19.5 Å². The van der Waals surface area contributed by atoms with Crippen LogP contribution in [0.2, 0.25) is 0 Å². The molecule has 7 heteroatoms. The van der Waals surface area contributed by atoms with Crippen molar-refractivity contribution in [1.82, 2.24) is 20.2 Å². The number of amides is 1. The molecule has 0 saturated carbocycles. The molecule has 22 heavy (non-hydrogen) atoms. The molecule has 0 bridgehead atoms. The van der Waals surface area contributed by atoms with E-state index in [9.17, 15) is 4.79 Å². The second-order valence-corrected chi connectivity index (χ2v) is 4.84. The molecule has 124 valence electrons. The zero-order valence-corrected chi connectivity index (χ0v) is 14.4. The molecule has 0 radical (unpaired) electrons. The van der Waals surface area contributed by atoms with Crippen molar-refractivity contribution >= 4 is 41.8 Å². The van der Waals surface area contributed by atoms with E-state index in [2.05, 4.69) is 26.3 Å². The molecule has 0 unspecified atom stereocenters. The van der Waals surface area contributed by atoms with E-state index < -0.39 is 0 Å². The summed E-state index contributed by atoms with van der Waals surface area (Å²) in [5, 5.41) is 5.99. The van der Waals surface area contributed by atoms with Crippen LogP contribution in [-0.4, -0.2) is 35.6 Å². The van der Waals surface area contributed by atoms with Crippen LogP contribution in [0.25, 0.3) is 11.0 Å². The lowest BCUT2D eigenvalue weighted by Crippen LogP contribution is -2.25. The Labute approximate surface area is 143 Å². The standard InChI is InChI=1S/C15H22N4O.2ClH/c1-16-9-4-8-15(20)17-10-5-11-19-12-18-13-6-2-3-7-14(13)19;;/h2-3,6-7,12,16H,4-5,8-11H2,1H3,(H,17,20);2*1H. The fraction of sp³-hybridized carbons (Fsp3) is 0.467. The molecule has 0 aliphatic rings. The average molecular weight is 347 g/mol. The Bertz CT molecular complexity index is 559. The summed E-state index contributed by atoms with van der Waals surface area (Å²) >= 11 is 0. The van der Waals surface area contributed by atoms with Crippen molar-refractivity contribution in [3.63, 3.8) is 0 Å². The second kappa shape index (κ2) is 11.3. The number of nitrogens with zero attached hydrogens (tertiary/aromatic N) is 2. The Hall–Kier alpha value is -1.30. The summed E-state index contributed by atoms with van der Waals surface area (Å²) in [5.74, 6) is 0.135. The summed E-state index contributed by atoms with van der Waals surface area (Å²) in [6.45, 7) is 2.47. The van der Waals surface area contributed by atoms with E-state index >= 15 is 0 Å². The van der Waals surface area contributed by atoms with E-state index in [-0.39, 0.29) is 30.7 Å². The zero-order chi connectivity index (χ0) is 14.2. The first-order chi connectivity index (χ1) is 9.81. The lowest BCUT2D eigenvalue weighted by atomic mass is 10.3. The molecule has 2 aromatic rings. The van der Waals surface area contributed by atoms with Gasteiger partial charge >= 0.3 is 0 Å². The Morgan fingerprint density at radius 3 is 2.73 bits per heavy atom. The van der Waals surface area contributed by atoms with Crippen LogP contribution in [0.3, 0.4) is 0 Å². The summed E-state index contributed by atoms with van der Waals surface area (Å²) in [7, 11) is 1.90. The van der Waals surface area contributed by atoms with Crippen LogP contribution in [-0.2, 0) is 11.3 Å². The highest BCUT2D eigenvalue weighted by Crippen LogP contribution is 2.11. The first-order valence-corrected chi connectivity index (χ1v) is 7.12. The number of carbonyl (C=O) groups excluding carboxylic acids is 1. The van der Waals surface area contributed by atoms with E-state index in [4.69, 9.17) is 0 Å². The van der Waals surface area contributed by atoms with Crippen LogP contribution in [0.1, 0.15) is 19.3 Å². The van der Waals surface area contributed by atoms with E-state index in [1.807, 2.05) is 31.6 Å². The predicted molar refractivity (Wildman–Crippen MR) is 95.0 cm³/mol. The molecule has 1 aromatic heterocycles. The van der Waals surface area contributed by atoms with Gasteiger partial charge in [-0.2, -0.15) is 0 Å². The number of carbonyl (C=O) groups is 1. The number of aromatic nitrogens is 2. The molecule has 0 aliphatic carbocycles. The van der Waals surface area contributed by atoms with Crippen molar-refractivity contribution in [2.24, 2.45) is 0 Å². The number of nitrogens with one attached hydrogen (secondary N) is 2. The Kier molecular flexibility index (Phi) is 10.6. The molecule has 0 saturated heterocycles. The third-order valence-electron chi connectivity index (χ3n) is 3.26. The third kappa shape index (κ3) is 6.22. The van der Waals surface area contributed by atoms with E-state index in [0.29, 0.717) is 13.0 Å². The van der Waals surface area contributed by atoms with Crippen LogP contribution in [0.4, 0.5) is 0 Å². The van der Waals surface area contributed by atoms with Gasteiger partial charge in [0.25, 0.3) is 0 Å². The number of hydrogen-bond donors (Lipinski definition) is 2. The predicted octanol–water partition coefficient (Wildman–Crippen LogP) is 2.39. The van der Waals surface area contributed by atoms with Gasteiger partial charge in [0.15, 0.2) is 0 Å². The number of fused-ring (bicyclic) bond motifs is 1. The Morgan fingerprint density at radius 1 is 1.18 bits per heavy atom. The van der Waals surface area contributed by atoms with Crippen LogP contribution in [0, 0.1) is 0 Å². The SMILES string of the molecule is CNCCCC(=O)NCCCn1cnc2ccccc21.Cl.Cl. The molecule has 1 heterocycles. The molecule has 1 amide bonds. The molecule has 0 aliphatic heterocycles. The molecule has 2 N–H and O–H groups in total. The van der Waals surface area contributed by atoms with Crippen molar-refractivity contribution in [2.45, 2.75) is 25.8 Å². The molecule has 0 atom stereocenters. The van der Waals surface area contributed by atoms with Gasteiger partial charge in [-0.3, -0.25) is 4.79 Å². The van der Waals surface area contributed by atoms with Crippen LogP contribution in [0.15, 0.2) is 30.6 Å². The quantitative estimate of drug-likeness (QED) is 0.721. The molecule has 2 rings (SSSR count). The van der Waals surface area contributed by atoms with Crippen LogP contribution >= 0.6 is 24.8 Å². The van der Waals surface area contributed by atoms with E-state index in [0.717, 1.165) is 37.0 Å². The maximum absolute atomic E-state index is 11.5. The normalized spacial score (nSPS) is 9.86. The average Bonchev–Trinajstić information content (AvgIpc) is 2.87. The number of para-hydroxylation sites is 2. The lowest BCUT2D eigenvalue weighted by molar-refractivity contribution is -0.121. The van der Waals surface area contributed by atoms with Gasteiger partial charge < -0.3 is 15.2 Å². The van der Waals surface area contributed by atoms with Gasteiger partial charge in [-0.05, 0) is 38.6 Å². The molecule has 5 nitrogen and oxygen atoms in total. The molecular formula is C15H24Cl2N4O. The molecule has 0 fully saturated rings. The number of rotatable bonds is 8. The summed E-state index contributed by atoms with van der Waals surface area (Å²) in [5.41, 5.74) is 2.16. The van der Waals surface area contributed by atoms with Crippen LogP contribution < -0.4 is 10.6 Å². The third-order valence-corrected chi connectivity index (χ3v) is 3.26. The number of benzene rings is 1. The van der Waals surface area contributed by atoms with Crippen molar-refractivity contribution in [3.8, 4) is 0 Å². The lowest BCUT2D eigenvalue weighted by Gasteiger charge is -2.06. The topological polar surface area (TPSA) is 59.0 Å². The minimum absolute atomic E-state index is 0. The van der Waals surface area contributed by atoms with Gasteiger partial charge in [-0.25, -0.2) is 4.98 Å². The monoisotopic (exact) mass is 346 g/mol. The van der Waals surface area contributed by atoms with Gasteiger partial charge in [0.2, 0.25) is 5.91 Å². The molecule has 1 aromatic carbocycles. The number of aryl methyl sites for hydroxylation is 1. The zero-order valence-electron chi connectivity index (χ0n) is 12.7. The van der Waals surface area contributed by atoms with Gasteiger partial charge in [0.05, 0.1) is 17.4 Å². The fourth-order valence-corrected chi connectivity index (χ4v) is 2.18. The van der Waals surface area contributed by atoms with E-state index in [1.165, 1.54) is 0 Å². The summed E-state index contributed by atoms with van der Waals surface area (Å²) in [4.78, 5) is 15.9. The van der Waals surface area contributed by atoms with Crippen molar-refractivity contribution in [3.05, 3.63) is 30.6 Å². The largest absolute Gasteiger partial charge is 0.356 e. The highest BCUT2D eigenvalue weighted by atomic mass is 35.5. The van der Waals surface area contributed by atoms with Gasteiger partial charge in [-0.1, -0.05) is 12.1 Å². The number of hydrogen-bond acceptors (Lipinski definition) is 3. The van der Waals surface area contributed by atoms with Crippen molar-refractivity contribution in [1.29, 1.82) is 0 Å².